The van der Waals surface area contributed by atoms with Crippen LogP contribution in [0.3, 0.4) is 0 Å². The zero-order valence-electron chi connectivity index (χ0n) is 20.0. The smallest absolute Gasteiger partial charge is 0.303 e. The monoisotopic (exact) mass is 476 g/mol. The largest absolute Gasteiger partial charge is 0.490 e. The predicted octanol–water partition coefficient (Wildman–Crippen LogP) is 6.76. The molecule has 1 atom stereocenters. The Balaban J connectivity index is 1.61. The van der Waals surface area contributed by atoms with E-state index in [1.165, 1.54) is 0 Å². The zero-order chi connectivity index (χ0) is 24.5. The number of carbonyl (C=O) groups is 2. The minimum Gasteiger partial charge on any atom is -0.490 e. The molecule has 0 saturated carbocycles. The van der Waals surface area contributed by atoms with Crippen LogP contribution in [0, 0.1) is 6.92 Å². The number of carbonyl (C=O) groups excluding carboxylic acids is 1. The molecule has 0 spiro atoms. The van der Waals surface area contributed by atoms with E-state index >= 15 is 0 Å². The van der Waals surface area contributed by atoms with Crippen molar-refractivity contribution in [3.8, 4) is 5.75 Å². The van der Waals surface area contributed by atoms with Gasteiger partial charge in [0.05, 0.1) is 11.7 Å². The number of hydrogen-bond acceptors (Lipinski definition) is 4. The van der Waals surface area contributed by atoms with E-state index in [-0.39, 0.29) is 18.3 Å². The van der Waals surface area contributed by atoms with E-state index < -0.39 is 5.97 Å². The molecule has 0 aliphatic carbocycles. The third-order valence-corrected chi connectivity index (χ3v) is 6.80. The molecule has 0 unspecified atom stereocenters. The van der Waals surface area contributed by atoms with Gasteiger partial charge in [-0.05, 0) is 74.1 Å². The van der Waals surface area contributed by atoms with Crippen molar-refractivity contribution in [2.24, 2.45) is 0 Å². The Bertz CT molecular complexity index is 1120. The van der Waals surface area contributed by atoms with Crippen LogP contribution in [0.25, 0.3) is 0 Å². The Kier molecular flexibility index (Phi) is 9.34. The Labute approximate surface area is 206 Å². The Morgan fingerprint density at radius 3 is 2.47 bits per heavy atom. The van der Waals surface area contributed by atoms with E-state index in [1.807, 2.05) is 68.4 Å². The van der Waals surface area contributed by atoms with E-state index in [0.29, 0.717) is 23.3 Å². The molecule has 0 fully saturated rings. The number of carboxylic acids is 1. The first kappa shape index (κ1) is 25.6. The summed E-state index contributed by atoms with van der Waals surface area (Å²) in [5.74, 6) is 0.710. The molecule has 34 heavy (non-hydrogen) atoms. The second kappa shape index (κ2) is 12.4. The van der Waals surface area contributed by atoms with Crippen molar-refractivity contribution in [3.63, 3.8) is 0 Å². The number of rotatable bonds is 12. The van der Waals surface area contributed by atoms with Crippen LogP contribution in [-0.2, 0) is 17.6 Å². The number of hydrogen-bond donors (Lipinski definition) is 1. The third-order valence-electron chi connectivity index (χ3n) is 5.78. The van der Waals surface area contributed by atoms with Gasteiger partial charge in [0, 0.05) is 22.6 Å². The summed E-state index contributed by atoms with van der Waals surface area (Å²) in [6.45, 7) is 6.14. The number of ketones is 1. The summed E-state index contributed by atoms with van der Waals surface area (Å²) in [6, 6.07) is 21.4. The highest BCUT2D eigenvalue weighted by Crippen LogP contribution is 2.27. The molecule has 3 aromatic carbocycles. The predicted molar refractivity (Wildman–Crippen MR) is 138 cm³/mol. The lowest BCUT2D eigenvalue weighted by Crippen LogP contribution is -2.15. The first-order valence-corrected chi connectivity index (χ1v) is 12.7. The van der Waals surface area contributed by atoms with Gasteiger partial charge in [-0.15, -0.1) is 11.8 Å². The van der Waals surface area contributed by atoms with Crippen LogP contribution in [0.15, 0.2) is 71.6 Å². The van der Waals surface area contributed by atoms with Gasteiger partial charge in [0.2, 0.25) is 0 Å². The molecule has 0 amide bonds. The van der Waals surface area contributed by atoms with Crippen molar-refractivity contribution >= 4 is 23.5 Å². The molecule has 0 aliphatic rings. The zero-order valence-corrected chi connectivity index (χ0v) is 20.9. The molecule has 1 N–H and O–H groups in total. The number of ether oxygens (including phenoxy) is 1. The second-order valence-electron chi connectivity index (χ2n) is 8.43. The Hall–Kier alpha value is -3.05. The Morgan fingerprint density at radius 1 is 1.03 bits per heavy atom. The number of carboxylic acid groups (broad SMARTS) is 1. The molecular formula is C29H32O4S. The van der Waals surface area contributed by atoms with Gasteiger partial charge in [-0.25, -0.2) is 0 Å². The van der Waals surface area contributed by atoms with Gasteiger partial charge in [0.15, 0.2) is 5.78 Å². The minimum absolute atomic E-state index is 0.0223. The first-order valence-electron chi connectivity index (χ1n) is 11.7. The molecule has 4 nitrogen and oxygen atoms in total. The average molecular weight is 477 g/mol. The maximum Gasteiger partial charge on any atom is 0.303 e. The maximum absolute atomic E-state index is 13.1. The van der Waals surface area contributed by atoms with Crippen LogP contribution in [0.1, 0.15) is 59.3 Å². The standard InChI is InChI=1S/C29H32O4S/c1-4-22-10-14-27(26(19-22)29(32)24-8-6-5-7-9-24)33-21(3)16-17-34-25-13-11-23(20(2)18-25)12-15-28(30)31/h5-11,13-14,18-19,21H,4,12,15-17H2,1-3H3,(H,30,31)/t21-/m1/s1. The van der Waals surface area contributed by atoms with E-state index in [0.717, 1.165) is 40.2 Å². The van der Waals surface area contributed by atoms with E-state index in [2.05, 4.69) is 19.1 Å². The summed E-state index contributed by atoms with van der Waals surface area (Å²) in [5.41, 5.74) is 4.57. The van der Waals surface area contributed by atoms with Crippen LogP contribution in [0.2, 0.25) is 0 Å². The van der Waals surface area contributed by atoms with E-state index in [9.17, 15) is 9.59 Å². The molecule has 0 aromatic heterocycles. The van der Waals surface area contributed by atoms with Crippen LogP contribution in [-0.4, -0.2) is 28.7 Å². The Morgan fingerprint density at radius 2 is 1.79 bits per heavy atom. The van der Waals surface area contributed by atoms with Crippen LogP contribution in [0.5, 0.6) is 5.75 Å². The van der Waals surface area contributed by atoms with Crippen molar-refractivity contribution in [2.45, 2.75) is 57.5 Å². The number of aliphatic carboxylic acids is 1. The average Bonchev–Trinajstić information content (AvgIpc) is 2.83. The fraction of sp³-hybridized carbons (Fsp3) is 0.310. The third kappa shape index (κ3) is 7.22. The lowest BCUT2D eigenvalue weighted by atomic mass is 9.99. The van der Waals surface area contributed by atoms with Crippen LogP contribution < -0.4 is 4.74 Å². The molecule has 3 rings (SSSR count). The molecule has 0 heterocycles. The fourth-order valence-corrected chi connectivity index (χ4v) is 4.83. The van der Waals surface area contributed by atoms with Crippen molar-refractivity contribution in [3.05, 3.63) is 94.5 Å². The minimum atomic E-state index is -0.773. The maximum atomic E-state index is 13.1. The van der Waals surface area contributed by atoms with Gasteiger partial charge in [-0.3, -0.25) is 9.59 Å². The number of benzene rings is 3. The van der Waals surface area contributed by atoms with Gasteiger partial charge in [-0.2, -0.15) is 0 Å². The van der Waals surface area contributed by atoms with Crippen molar-refractivity contribution in [2.75, 3.05) is 5.75 Å². The molecule has 5 heteroatoms. The van der Waals surface area contributed by atoms with Gasteiger partial charge in [0.25, 0.3) is 0 Å². The van der Waals surface area contributed by atoms with Crippen LogP contribution in [0.4, 0.5) is 0 Å². The lowest BCUT2D eigenvalue weighted by Gasteiger charge is -2.18. The fourth-order valence-electron chi connectivity index (χ4n) is 3.72. The molecule has 3 aromatic rings. The van der Waals surface area contributed by atoms with E-state index in [1.54, 1.807) is 11.8 Å². The number of thioether (sulfide) groups is 1. The summed E-state index contributed by atoms with van der Waals surface area (Å²) in [6.07, 6.45) is 2.35. The molecule has 0 bridgehead atoms. The second-order valence-corrected chi connectivity index (χ2v) is 9.60. The summed E-state index contributed by atoms with van der Waals surface area (Å²) in [4.78, 5) is 25.1. The summed E-state index contributed by atoms with van der Waals surface area (Å²) < 4.78 is 6.23. The number of aryl methyl sites for hydroxylation is 3. The van der Waals surface area contributed by atoms with Gasteiger partial charge in [0.1, 0.15) is 5.75 Å². The normalized spacial score (nSPS) is 11.7. The SMILES string of the molecule is CCc1ccc(O[C@H](C)CCSc2ccc(CCC(=O)O)c(C)c2)c(C(=O)c2ccccc2)c1. The van der Waals surface area contributed by atoms with Gasteiger partial charge in [-0.1, -0.05) is 49.4 Å². The highest BCUT2D eigenvalue weighted by molar-refractivity contribution is 7.99. The van der Waals surface area contributed by atoms with Crippen molar-refractivity contribution in [1.29, 1.82) is 0 Å². The summed E-state index contributed by atoms with van der Waals surface area (Å²) in [5, 5.41) is 8.89. The molecule has 178 valence electrons. The van der Waals surface area contributed by atoms with Crippen molar-refractivity contribution < 1.29 is 19.4 Å². The summed E-state index contributed by atoms with van der Waals surface area (Å²) >= 11 is 1.76. The quantitative estimate of drug-likeness (QED) is 0.231. The van der Waals surface area contributed by atoms with Gasteiger partial charge >= 0.3 is 5.97 Å². The topological polar surface area (TPSA) is 63.6 Å². The molecule has 0 aliphatic heterocycles. The van der Waals surface area contributed by atoms with E-state index in [4.69, 9.17) is 9.84 Å². The highest BCUT2D eigenvalue weighted by atomic mass is 32.2. The van der Waals surface area contributed by atoms with Gasteiger partial charge < -0.3 is 9.84 Å². The first-order chi connectivity index (χ1) is 16.4. The highest BCUT2D eigenvalue weighted by Gasteiger charge is 2.17. The van der Waals surface area contributed by atoms with Crippen LogP contribution >= 0.6 is 11.8 Å². The molecular weight excluding hydrogens is 444 g/mol. The van der Waals surface area contributed by atoms with Crippen molar-refractivity contribution in [1.82, 2.24) is 0 Å². The lowest BCUT2D eigenvalue weighted by molar-refractivity contribution is -0.136. The summed E-state index contributed by atoms with van der Waals surface area (Å²) in [7, 11) is 0. The molecule has 0 radical (unpaired) electrons. The molecule has 0 saturated heterocycles.